The Kier molecular flexibility index (Phi) is 3.67. The van der Waals surface area contributed by atoms with Crippen LogP contribution in [-0.4, -0.2) is 27.1 Å². The second kappa shape index (κ2) is 5.28. The zero-order valence-corrected chi connectivity index (χ0v) is 11.3. The third kappa shape index (κ3) is 2.33. The van der Waals surface area contributed by atoms with Crippen molar-refractivity contribution < 1.29 is 24.9 Å². The van der Waals surface area contributed by atoms with Gasteiger partial charge in [-0.05, 0) is 42.3 Å². The molecule has 0 unspecified atom stereocenters. The second-order valence-corrected chi connectivity index (χ2v) is 4.71. The van der Waals surface area contributed by atoms with E-state index in [1.54, 1.807) is 0 Å². The molecule has 2 rings (SSSR count). The Bertz CT molecular complexity index is 609. The molecule has 21 heavy (non-hydrogen) atoms. The summed E-state index contributed by atoms with van der Waals surface area (Å²) in [5, 5.41) is 28.4. The number of hydrogen-bond donors (Lipinski definition) is 3. The van der Waals surface area contributed by atoms with Gasteiger partial charge in [-0.2, -0.15) is 0 Å². The lowest BCUT2D eigenvalue weighted by molar-refractivity contribution is -0.146. The smallest absolute Gasteiger partial charge is 0.326 e. The van der Waals surface area contributed by atoms with Crippen LogP contribution in [0.2, 0.25) is 0 Å². The Morgan fingerprint density at radius 3 is 1.38 bits per heavy atom. The minimum Gasteiger partial charge on any atom is -0.508 e. The van der Waals surface area contributed by atoms with Gasteiger partial charge in [-0.3, -0.25) is 9.59 Å². The van der Waals surface area contributed by atoms with Crippen molar-refractivity contribution in [3.8, 4) is 11.5 Å². The summed E-state index contributed by atoms with van der Waals surface area (Å²) in [6.45, 7) is 1.20. The molecule has 0 saturated carbocycles. The third-order valence-corrected chi connectivity index (χ3v) is 3.45. The molecule has 2 aromatic carbocycles. The summed E-state index contributed by atoms with van der Waals surface area (Å²) >= 11 is 0. The van der Waals surface area contributed by atoms with E-state index in [4.69, 9.17) is 0 Å². The molecule has 3 N–H and O–H groups in total. The van der Waals surface area contributed by atoms with Gasteiger partial charge in [-0.1, -0.05) is 24.3 Å². The molecule has 0 amide bonds. The normalized spacial score (nSPS) is 11.1. The van der Waals surface area contributed by atoms with Gasteiger partial charge in [0.05, 0.1) is 0 Å². The first-order chi connectivity index (χ1) is 9.88. The van der Waals surface area contributed by atoms with E-state index in [1.807, 2.05) is 0 Å². The van der Waals surface area contributed by atoms with E-state index in [-0.39, 0.29) is 22.6 Å². The number of carboxylic acids is 1. The van der Waals surface area contributed by atoms with Crippen LogP contribution in [0.5, 0.6) is 11.5 Å². The van der Waals surface area contributed by atoms with Gasteiger partial charge in [-0.15, -0.1) is 0 Å². The number of carbonyl (C=O) groups excluding carboxylic acids is 1. The number of aromatic hydroxyl groups is 2. The van der Waals surface area contributed by atoms with Gasteiger partial charge < -0.3 is 15.3 Å². The number of carboxylic acid groups (broad SMARTS) is 1. The Morgan fingerprint density at radius 2 is 1.14 bits per heavy atom. The zero-order chi connectivity index (χ0) is 15.6. The van der Waals surface area contributed by atoms with Gasteiger partial charge >= 0.3 is 5.97 Å². The zero-order valence-electron chi connectivity index (χ0n) is 11.3. The molecule has 5 heteroatoms. The number of aliphatic carboxylic acids is 1. The molecule has 0 fully saturated rings. The van der Waals surface area contributed by atoms with E-state index in [1.165, 1.54) is 55.5 Å². The number of phenols is 2. The number of rotatable bonds is 4. The molecule has 0 spiro atoms. The lowest BCUT2D eigenvalue weighted by Crippen LogP contribution is -2.43. The summed E-state index contributed by atoms with van der Waals surface area (Å²) in [5.41, 5.74) is -1.39. The molecule has 0 heterocycles. The average Bonchev–Trinajstić information content (AvgIpc) is 2.43. The summed E-state index contributed by atoms with van der Waals surface area (Å²) < 4.78 is 0. The standard InChI is InChI=1S/C16H14O5/c1-10(17)16(15(20)21,11-2-6-13(18)7-3-11)12-4-8-14(19)9-5-12/h2-9,18-19H,1H3,(H,20,21). The molecule has 0 saturated heterocycles. The van der Waals surface area contributed by atoms with Gasteiger partial charge in [0.15, 0.2) is 11.2 Å². The minimum atomic E-state index is -1.87. The number of benzene rings is 2. The summed E-state index contributed by atoms with van der Waals surface area (Å²) in [5.74, 6) is -1.92. The van der Waals surface area contributed by atoms with E-state index in [0.29, 0.717) is 0 Å². The van der Waals surface area contributed by atoms with E-state index in [0.717, 1.165) is 0 Å². The van der Waals surface area contributed by atoms with E-state index in [2.05, 4.69) is 0 Å². The summed E-state index contributed by atoms with van der Waals surface area (Å²) in [4.78, 5) is 24.1. The van der Waals surface area contributed by atoms with Crippen molar-refractivity contribution in [2.24, 2.45) is 0 Å². The third-order valence-electron chi connectivity index (χ3n) is 3.45. The first kappa shape index (κ1) is 14.6. The number of Topliss-reactive ketones (excluding diaryl/α,β-unsaturated/α-hetero) is 1. The highest BCUT2D eigenvalue weighted by atomic mass is 16.4. The second-order valence-electron chi connectivity index (χ2n) is 4.71. The first-order valence-corrected chi connectivity index (χ1v) is 6.22. The fraction of sp³-hybridized carbons (Fsp3) is 0.125. The molecule has 0 atom stereocenters. The van der Waals surface area contributed by atoms with Crippen molar-refractivity contribution in [3.05, 3.63) is 59.7 Å². The Morgan fingerprint density at radius 1 is 0.810 bits per heavy atom. The lowest BCUT2D eigenvalue weighted by atomic mass is 9.71. The van der Waals surface area contributed by atoms with Gasteiger partial charge in [0.1, 0.15) is 11.5 Å². The minimum absolute atomic E-state index is 0.0210. The van der Waals surface area contributed by atoms with E-state index < -0.39 is 17.2 Å². The predicted molar refractivity (Wildman–Crippen MR) is 75.3 cm³/mol. The number of ketones is 1. The van der Waals surface area contributed by atoms with Crippen LogP contribution >= 0.6 is 0 Å². The van der Waals surface area contributed by atoms with Crippen molar-refractivity contribution in [3.63, 3.8) is 0 Å². The Balaban J connectivity index is 2.75. The molecule has 0 aliphatic heterocycles. The highest BCUT2D eigenvalue weighted by Gasteiger charge is 2.47. The number of phenolic OH excluding ortho intramolecular Hbond substituents is 2. The Labute approximate surface area is 121 Å². The van der Waals surface area contributed by atoms with E-state index in [9.17, 15) is 24.9 Å². The van der Waals surface area contributed by atoms with Crippen LogP contribution in [0.1, 0.15) is 18.1 Å². The van der Waals surface area contributed by atoms with Crippen LogP contribution < -0.4 is 0 Å². The highest BCUT2D eigenvalue weighted by Crippen LogP contribution is 2.35. The highest BCUT2D eigenvalue weighted by molar-refractivity contribution is 6.11. The van der Waals surface area contributed by atoms with Crippen LogP contribution in [-0.2, 0) is 15.0 Å². The maximum atomic E-state index is 12.2. The van der Waals surface area contributed by atoms with Crippen molar-refractivity contribution in [1.82, 2.24) is 0 Å². The van der Waals surface area contributed by atoms with Crippen molar-refractivity contribution >= 4 is 11.8 Å². The van der Waals surface area contributed by atoms with Crippen LogP contribution in [0.4, 0.5) is 0 Å². The first-order valence-electron chi connectivity index (χ1n) is 6.22. The quantitative estimate of drug-likeness (QED) is 0.748. The molecule has 0 radical (unpaired) electrons. The summed E-state index contributed by atoms with van der Waals surface area (Å²) in [7, 11) is 0. The fourth-order valence-corrected chi connectivity index (χ4v) is 2.39. The van der Waals surface area contributed by atoms with Crippen LogP contribution in [0.25, 0.3) is 0 Å². The van der Waals surface area contributed by atoms with Crippen LogP contribution in [0.15, 0.2) is 48.5 Å². The molecular formula is C16H14O5. The average molecular weight is 286 g/mol. The number of carbonyl (C=O) groups is 2. The molecular weight excluding hydrogens is 272 g/mol. The molecule has 0 aromatic heterocycles. The molecule has 108 valence electrons. The van der Waals surface area contributed by atoms with Crippen molar-refractivity contribution in [2.45, 2.75) is 12.3 Å². The SMILES string of the molecule is CC(=O)C(C(=O)O)(c1ccc(O)cc1)c1ccc(O)cc1. The topological polar surface area (TPSA) is 94.8 Å². The van der Waals surface area contributed by atoms with Gasteiger partial charge in [0.25, 0.3) is 0 Å². The molecule has 0 aliphatic carbocycles. The largest absolute Gasteiger partial charge is 0.508 e. The molecule has 0 bridgehead atoms. The maximum absolute atomic E-state index is 12.2. The van der Waals surface area contributed by atoms with Gasteiger partial charge in [0.2, 0.25) is 0 Å². The monoisotopic (exact) mass is 286 g/mol. The maximum Gasteiger partial charge on any atom is 0.326 e. The van der Waals surface area contributed by atoms with Crippen LogP contribution in [0.3, 0.4) is 0 Å². The predicted octanol–water partition coefficient (Wildman–Crippen LogP) is 2.06. The van der Waals surface area contributed by atoms with E-state index >= 15 is 0 Å². The van der Waals surface area contributed by atoms with Gasteiger partial charge in [-0.25, -0.2) is 0 Å². The lowest BCUT2D eigenvalue weighted by Gasteiger charge is -2.28. The molecule has 5 nitrogen and oxygen atoms in total. The fourth-order valence-electron chi connectivity index (χ4n) is 2.39. The summed E-state index contributed by atoms with van der Waals surface area (Å²) in [6, 6.07) is 10.9. The van der Waals surface area contributed by atoms with Crippen molar-refractivity contribution in [2.75, 3.05) is 0 Å². The van der Waals surface area contributed by atoms with Crippen molar-refractivity contribution in [1.29, 1.82) is 0 Å². The summed E-state index contributed by atoms with van der Waals surface area (Å²) in [6.07, 6.45) is 0. The van der Waals surface area contributed by atoms with Gasteiger partial charge in [0, 0.05) is 0 Å². The molecule has 0 aliphatic rings. The number of hydrogen-bond acceptors (Lipinski definition) is 4. The van der Waals surface area contributed by atoms with Crippen LogP contribution in [0, 0.1) is 0 Å². The molecule has 2 aromatic rings. The Hall–Kier alpha value is -2.82.